The SMILES string of the molecule is CC[C@]1(C)C2CCC3=C(CC[C@]4(C)[C@@H]([C@H](C)CCCC(C)C)CC[C@@H]34)[C@@]2(C)CC[C@@H]1O. The third kappa shape index (κ3) is 3.68. The Morgan fingerprint density at radius 2 is 1.68 bits per heavy atom. The van der Waals surface area contributed by atoms with Crippen molar-refractivity contribution in [3.8, 4) is 0 Å². The van der Waals surface area contributed by atoms with Crippen LogP contribution in [0.2, 0.25) is 0 Å². The lowest BCUT2D eigenvalue weighted by Gasteiger charge is -2.60. The molecule has 0 aromatic heterocycles. The van der Waals surface area contributed by atoms with Gasteiger partial charge < -0.3 is 5.11 Å². The monoisotopic (exact) mass is 428 g/mol. The molecule has 0 amide bonds. The molecule has 1 heteroatoms. The lowest BCUT2D eigenvalue weighted by Crippen LogP contribution is -2.54. The van der Waals surface area contributed by atoms with Gasteiger partial charge in [0.1, 0.15) is 0 Å². The van der Waals surface area contributed by atoms with Crippen molar-refractivity contribution < 1.29 is 5.11 Å². The van der Waals surface area contributed by atoms with Crippen LogP contribution < -0.4 is 0 Å². The molecule has 0 saturated heterocycles. The summed E-state index contributed by atoms with van der Waals surface area (Å²) in [6.07, 6.45) is 15.8. The molecule has 0 radical (unpaired) electrons. The molecule has 31 heavy (non-hydrogen) atoms. The van der Waals surface area contributed by atoms with Crippen LogP contribution in [-0.2, 0) is 0 Å². The van der Waals surface area contributed by atoms with Crippen LogP contribution in [0.3, 0.4) is 0 Å². The molecule has 0 aliphatic heterocycles. The maximum atomic E-state index is 11.0. The van der Waals surface area contributed by atoms with E-state index in [-0.39, 0.29) is 11.5 Å². The van der Waals surface area contributed by atoms with Gasteiger partial charge in [0.25, 0.3) is 0 Å². The second-order valence-corrected chi connectivity index (χ2v) is 13.5. The third-order valence-corrected chi connectivity index (χ3v) is 11.7. The molecule has 0 bridgehead atoms. The fraction of sp³-hybridized carbons (Fsp3) is 0.933. The first-order valence-electron chi connectivity index (χ1n) is 14.0. The van der Waals surface area contributed by atoms with E-state index in [1.807, 2.05) is 11.1 Å². The maximum Gasteiger partial charge on any atom is 0.0597 e. The normalized spacial score (nSPS) is 46.0. The Morgan fingerprint density at radius 3 is 2.35 bits per heavy atom. The van der Waals surface area contributed by atoms with Crippen molar-refractivity contribution in [3.63, 3.8) is 0 Å². The molecule has 0 spiro atoms. The van der Waals surface area contributed by atoms with Gasteiger partial charge in [-0.15, -0.1) is 0 Å². The van der Waals surface area contributed by atoms with E-state index >= 15 is 0 Å². The summed E-state index contributed by atoms with van der Waals surface area (Å²) in [4.78, 5) is 0. The third-order valence-electron chi connectivity index (χ3n) is 11.7. The first kappa shape index (κ1) is 23.8. The molecular formula is C30H52O. The van der Waals surface area contributed by atoms with Gasteiger partial charge in [-0.05, 0) is 104 Å². The van der Waals surface area contributed by atoms with Gasteiger partial charge in [0.05, 0.1) is 6.10 Å². The molecule has 0 heterocycles. The average molecular weight is 429 g/mol. The standard InChI is InChI=1S/C30H52O/c1-8-28(5)26-15-12-22-24-14-13-23(21(4)11-9-10-20(2)3)29(24,6)18-16-25(22)30(26,7)19-17-27(28)31/h20-21,23-24,26-27,31H,8-19H2,1-7H3/t21-,23-,24+,26?,27+,28-,29-,30-/m1/s1. The summed E-state index contributed by atoms with van der Waals surface area (Å²) >= 11 is 0. The minimum atomic E-state index is -0.103. The molecule has 1 N–H and O–H groups in total. The van der Waals surface area contributed by atoms with E-state index in [1.165, 1.54) is 64.2 Å². The molecule has 2 fully saturated rings. The highest BCUT2D eigenvalue weighted by Crippen LogP contribution is 2.68. The largest absolute Gasteiger partial charge is 0.393 e. The van der Waals surface area contributed by atoms with Crippen LogP contribution in [0.5, 0.6) is 0 Å². The van der Waals surface area contributed by atoms with Gasteiger partial charge in [0.15, 0.2) is 0 Å². The van der Waals surface area contributed by atoms with Crippen molar-refractivity contribution in [1.29, 1.82) is 0 Å². The zero-order valence-electron chi connectivity index (χ0n) is 21.9. The highest BCUT2D eigenvalue weighted by molar-refractivity contribution is 5.35. The number of allylic oxidation sites excluding steroid dienone is 2. The Labute approximate surface area is 193 Å². The van der Waals surface area contributed by atoms with Crippen molar-refractivity contribution in [1.82, 2.24) is 0 Å². The fourth-order valence-electron chi connectivity index (χ4n) is 9.61. The first-order chi connectivity index (χ1) is 14.6. The number of fused-ring (bicyclic) bond motifs is 4. The fourth-order valence-corrected chi connectivity index (χ4v) is 9.61. The number of rotatable bonds is 6. The van der Waals surface area contributed by atoms with Gasteiger partial charge in [-0.3, -0.25) is 0 Å². The van der Waals surface area contributed by atoms with Gasteiger partial charge in [-0.1, -0.05) is 78.9 Å². The lowest BCUT2D eigenvalue weighted by molar-refractivity contribution is -0.105. The average Bonchev–Trinajstić information content (AvgIpc) is 3.08. The summed E-state index contributed by atoms with van der Waals surface area (Å²) in [6, 6.07) is 0. The van der Waals surface area contributed by atoms with Crippen LogP contribution in [0.15, 0.2) is 11.1 Å². The van der Waals surface area contributed by atoms with Gasteiger partial charge >= 0.3 is 0 Å². The second kappa shape index (κ2) is 8.48. The Kier molecular flexibility index (Phi) is 6.53. The maximum absolute atomic E-state index is 11.0. The van der Waals surface area contributed by atoms with E-state index in [0.717, 1.165) is 36.5 Å². The number of hydrogen-bond acceptors (Lipinski definition) is 1. The van der Waals surface area contributed by atoms with Crippen molar-refractivity contribution in [2.75, 3.05) is 0 Å². The minimum Gasteiger partial charge on any atom is -0.393 e. The molecule has 4 rings (SSSR count). The predicted molar refractivity (Wildman–Crippen MR) is 133 cm³/mol. The molecule has 0 aromatic carbocycles. The summed E-state index contributed by atoms with van der Waals surface area (Å²) < 4.78 is 0. The van der Waals surface area contributed by atoms with E-state index in [9.17, 15) is 5.11 Å². The molecule has 0 aromatic rings. The molecule has 2 saturated carbocycles. The van der Waals surface area contributed by atoms with Crippen LogP contribution in [0.25, 0.3) is 0 Å². The van der Waals surface area contributed by atoms with E-state index in [0.29, 0.717) is 16.7 Å². The topological polar surface area (TPSA) is 20.2 Å². The molecule has 1 unspecified atom stereocenters. The summed E-state index contributed by atoms with van der Waals surface area (Å²) in [5.74, 6) is 4.19. The zero-order chi connectivity index (χ0) is 22.6. The van der Waals surface area contributed by atoms with E-state index < -0.39 is 0 Å². The van der Waals surface area contributed by atoms with E-state index in [4.69, 9.17) is 0 Å². The lowest BCUT2D eigenvalue weighted by atomic mass is 9.45. The van der Waals surface area contributed by atoms with Crippen molar-refractivity contribution in [3.05, 3.63) is 11.1 Å². The van der Waals surface area contributed by atoms with Crippen molar-refractivity contribution in [2.24, 2.45) is 45.8 Å². The summed E-state index contributed by atoms with van der Waals surface area (Å²) in [5, 5.41) is 11.0. The molecule has 8 atom stereocenters. The summed E-state index contributed by atoms with van der Waals surface area (Å²) in [6.45, 7) is 17.3. The van der Waals surface area contributed by atoms with E-state index in [2.05, 4.69) is 48.5 Å². The second-order valence-electron chi connectivity index (χ2n) is 13.5. The molecule has 178 valence electrons. The Hall–Kier alpha value is -0.300. The number of aliphatic hydroxyl groups is 1. The van der Waals surface area contributed by atoms with Gasteiger partial charge in [0, 0.05) is 0 Å². The van der Waals surface area contributed by atoms with E-state index in [1.54, 1.807) is 0 Å². The zero-order valence-corrected chi connectivity index (χ0v) is 21.9. The van der Waals surface area contributed by atoms with Gasteiger partial charge in [-0.2, -0.15) is 0 Å². The predicted octanol–water partition coefficient (Wildman–Crippen LogP) is 8.56. The van der Waals surface area contributed by atoms with Gasteiger partial charge in [0.2, 0.25) is 0 Å². The smallest absolute Gasteiger partial charge is 0.0597 e. The summed E-state index contributed by atoms with van der Waals surface area (Å²) in [7, 11) is 0. The molecular weight excluding hydrogens is 376 g/mol. The van der Waals surface area contributed by atoms with Crippen LogP contribution in [0.4, 0.5) is 0 Å². The highest BCUT2D eigenvalue weighted by atomic mass is 16.3. The highest BCUT2D eigenvalue weighted by Gasteiger charge is 2.59. The van der Waals surface area contributed by atoms with Crippen LogP contribution in [0.1, 0.15) is 126 Å². The van der Waals surface area contributed by atoms with Crippen LogP contribution >= 0.6 is 0 Å². The van der Waals surface area contributed by atoms with Crippen molar-refractivity contribution >= 4 is 0 Å². The van der Waals surface area contributed by atoms with Crippen molar-refractivity contribution in [2.45, 2.75) is 132 Å². The number of aliphatic hydroxyl groups excluding tert-OH is 1. The Balaban J connectivity index is 1.58. The molecule has 4 aliphatic carbocycles. The Bertz CT molecular complexity index is 691. The first-order valence-corrected chi connectivity index (χ1v) is 14.0. The molecule has 4 aliphatic rings. The Morgan fingerprint density at radius 1 is 0.935 bits per heavy atom. The van der Waals surface area contributed by atoms with Crippen LogP contribution in [0, 0.1) is 45.8 Å². The van der Waals surface area contributed by atoms with Crippen LogP contribution in [-0.4, -0.2) is 11.2 Å². The number of hydrogen-bond donors (Lipinski definition) is 1. The minimum absolute atomic E-state index is 0.103. The van der Waals surface area contributed by atoms with Gasteiger partial charge in [-0.25, -0.2) is 0 Å². The molecule has 1 nitrogen and oxygen atoms in total. The quantitative estimate of drug-likeness (QED) is 0.420. The summed E-state index contributed by atoms with van der Waals surface area (Å²) in [5.41, 5.74) is 4.79.